The monoisotopic (exact) mass is 605 g/mol. The van der Waals surface area contributed by atoms with E-state index in [9.17, 15) is 50.8 Å². The molecule has 0 unspecified atom stereocenters. The maximum absolute atomic E-state index is 13.2. The predicted octanol–water partition coefficient (Wildman–Crippen LogP) is -8.46. The maximum atomic E-state index is 13.2. The molecule has 0 spiro atoms. The Labute approximate surface area is 288 Å². The number of anilines is 1. The topological polar surface area (TPSA) is 249 Å². The Morgan fingerprint density at radius 3 is 1.95 bits per heavy atom. The summed E-state index contributed by atoms with van der Waals surface area (Å²) in [5.74, 6) is -4.67. The largest absolute Gasteiger partial charge is 1.00 e. The molecular weight excluding hydrogens is 591 g/mol. The maximum Gasteiger partial charge on any atom is 1.00 e. The Balaban J connectivity index is 0.00000481. The van der Waals surface area contributed by atoms with Gasteiger partial charge in [-0.3, -0.25) is 13.9 Å². The second kappa shape index (κ2) is 14.2. The van der Waals surface area contributed by atoms with Gasteiger partial charge in [0.25, 0.3) is 20.2 Å². The first-order valence-corrected chi connectivity index (χ1v) is 12.4. The third-order valence-corrected chi connectivity index (χ3v) is 6.43. The normalized spacial score (nSPS) is 11.3. The van der Waals surface area contributed by atoms with E-state index in [0.29, 0.717) is 6.07 Å². The van der Waals surface area contributed by atoms with Crippen LogP contribution in [-0.4, -0.2) is 37.8 Å². The number of aromatic carboxylic acids is 1. The SMILES string of the molecule is CC(=O)Nc1cc(S(=O)(=O)O)cc2cc(S(=O)(=O)O)c(N=Nc3cc(C)c([O-])c(C(=O)[O-])c3)c([O-])c12.[Na+].[Na+].[Na+]. The summed E-state index contributed by atoms with van der Waals surface area (Å²) in [6.07, 6.45) is 0. The van der Waals surface area contributed by atoms with Crippen molar-refractivity contribution in [2.75, 3.05) is 5.32 Å². The van der Waals surface area contributed by atoms with Gasteiger partial charge in [0.05, 0.1) is 22.2 Å². The molecule has 0 aliphatic carbocycles. The summed E-state index contributed by atoms with van der Waals surface area (Å²) in [6.45, 7) is 2.29. The fourth-order valence-corrected chi connectivity index (χ4v) is 4.44. The van der Waals surface area contributed by atoms with Crippen LogP contribution in [0.3, 0.4) is 0 Å². The molecule has 0 radical (unpaired) electrons. The summed E-state index contributed by atoms with van der Waals surface area (Å²) in [4.78, 5) is 20.9. The molecule has 19 heteroatoms. The first kappa shape index (κ1) is 37.9. The molecule has 0 saturated carbocycles. The summed E-state index contributed by atoms with van der Waals surface area (Å²) >= 11 is 0. The molecule has 14 nitrogen and oxygen atoms in total. The second-order valence-corrected chi connectivity index (χ2v) is 10.2. The minimum Gasteiger partial charge on any atom is -0.872 e. The number of rotatable bonds is 6. The number of carboxylic acid groups (broad SMARTS) is 1. The Kier molecular flexibility index (Phi) is 13.8. The third-order valence-electron chi connectivity index (χ3n) is 4.74. The zero-order valence-electron chi connectivity index (χ0n) is 21.2. The van der Waals surface area contributed by atoms with Crippen LogP contribution >= 0.6 is 0 Å². The van der Waals surface area contributed by atoms with Gasteiger partial charge in [0.1, 0.15) is 4.90 Å². The van der Waals surface area contributed by atoms with Gasteiger partial charge < -0.3 is 25.4 Å². The van der Waals surface area contributed by atoms with Crippen molar-refractivity contribution in [3.63, 3.8) is 0 Å². The number of carboxylic acids is 1. The molecule has 3 aromatic rings. The molecule has 0 bridgehead atoms. The fraction of sp³-hybridized carbons (Fsp3) is 0.100. The molecule has 0 atom stereocenters. The van der Waals surface area contributed by atoms with Gasteiger partial charge in [-0.25, -0.2) is 0 Å². The number of fused-ring (bicyclic) bond motifs is 1. The van der Waals surface area contributed by atoms with Gasteiger partial charge in [0.15, 0.2) is 0 Å². The Morgan fingerprint density at radius 2 is 1.46 bits per heavy atom. The molecule has 3 N–H and O–H groups in total. The predicted molar refractivity (Wildman–Crippen MR) is 116 cm³/mol. The first-order valence-electron chi connectivity index (χ1n) is 9.49. The van der Waals surface area contributed by atoms with Gasteiger partial charge in [-0.2, -0.15) is 21.9 Å². The second-order valence-electron chi connectivity index (χ2n) is 7.38. The minimum absolute atomic E-state index is 0. The molecule has 0 aliphatic rings. The van der Waals surface area contributed by atoms with Gasteiger partial charge in [-0.15, -0.1) is 5.11 Å². The van der Waals surface area contributed by atoms with Crippen molar-refractivity contribution < 1.29 is 140 Å². The molecule has 3 rings (SSSR count). The van der Waals surface area contributed by atoms with Crippen LogP contribution in [0.4, 0.5) is 17.1 Å². The van der Waals surface area contributed by atoms with Gasteiger partial charge in [0, 0.05) is 12.6 Å². The van der Waals surface area contributed by atoms with Crippen LogP contribution in [0.5, 0.6) is 11.5 Å². The number of carbonyl (C=O) groups is 2. The number of carbonyl (C=O) groups excluding carboxylic acids is 2. The van der Waals surface area contributed by atoms with Crippen LogP contribution < -0.4 is 109 Å². The molecule has 3 aromatic carbocycles. The Bertz CT molecular complexity index is 1710. The minimum atomic E-state index is -5.18. The zero-order chi connectivity index (χ0) is 27.2. The van der Waals surface area contributed by atoms with E-state index in [-0.39, 0.29) is 99.9 Å². The summed E-state index contributed by atoms with van der Waals surface area (Å²) in [5.41, 5.74) is -2.54. The smallest absolute Gasteiger partial charge is 0.872 e. The van der Waals surface area contributed by atoms with E-state index < -0.39 is 81.1 Å². The number of hydrogen-bond acceptors (Lipinski definition) is 11. The summed E-state index contributed by atoms with van der Waals surface area (Å²) < 4.78 is 66.3. The van der Waals surface area contributed by atoms with E-state index in [1.807, 2.05) is 0 Å². The van der Waals surface area contributed by atoms with Gasteiger partial charge in [-0.1, -0.05) is 17.1 Å². The molecule has 0 aliphatic heterocycles. The van der Waals surface area contributed by atoms with Gasteiger partial charge in [0.2, 0.25) is 5.91 Å². The van der Waals surface area contributed by atoms with E-state index in [1.165, 1.54) is 6.92 Å². The number of nitrogens with zero attached hydrogens (tertiary/aromatic N) is 2. The van der Waals surface area contributed by atoms with Crippen molar-refractivity contribution in [3.8, 4) is 11.5 Å². The molecule has 190 valence electrons. The third kappa shape index (κ3) is 8.68. The van der Waals surface area contributed by atoms with E-state index in [0.717, 1.165) is 31.2 Å². The van der Waals surface area contributed by atoms with Crippen LogP contribution in [0, 0.1) is 6.92 Å². The van der Waals surface area contributed by atoms with Crippen LogP contribution in [-0.2, 0) is 25.0 Å². The zero-order valence-corrected chi connectivity index (χ0v) is 28.8. The van der Waals surface area contributed by atoms with E-state index in [1.54, 1.807) is 0 Å². The molecule has 1 amide bonds. The van der Waals surface area contributed by atoms with Crippen LogP contribution in [0.2, 0.25) is 0 Å². The van der Waals surface area contributed by atoms with Crippen molar-refractivity contribution in [1.29, 1.82) is 0 Å². The van der Waals surface area contributed by atoms with Crippen LogP contribution in [0.25, 0.3) is 10.8 Å². The van der Waals surface area contributed by atoms with E-state index >= 15 is 0 Å². The molecule has 0 aromatic heterocycles. The number of aryl methyl sites for hydroxylation is 1. The molecule has 0 saturated heterocycles. The van der Waals surface area contributed by atoms with Crippen molar-refractivity contribution >= 4 is 59.9 Å². The van der Waals surface area contributed by atoms with Crippen molar-refractivity contribution in [2.24, 2.45) is 10.2 Å². The first-order chi connectivity index (χ1) is 16.5. The summed E-state index contributed by atoms with van der Waals surface area (Å²) in [7, 11) is -10.1. The number of nitrogens with one attached hydrogen (secondary N) is 1. The van der Waals surface area contributed by atoms with Crippen molar-refractivity contribution in [1.82, 2.24) is 0 Å². The summed E-state index contributed by atoms with van der Waals surface area (Å²) in [5, 5.41) is 44.8. The Morgan fingerprint density at radius 1 is 0.872 bits per heavy atom. The Hall–Kier alpha value is -1.12. The average Bonchev–Trinajstić information content (AvgIpc) is 2.72. The number of amides is 1. The molecule has 39 heavy (non-hydrogen) atoms. The number of azo groups is 1. The molecule has 0 heterocycles. The van der Waals surface area contributed by atoms with E-state index in [2.05, 4.69) is 15.5 Å². The number of benzene rings is 3. The van der Waals surface area contributed by atoms with Crippen LogP contribution in [0.1, 0.15) is 22.8 Å². The average molecular weight is 605 g/mol. The van der Waals surface area contributed by atoms with Gasteiger partial charge >= 0.3 is 88.7 Å². The van der Waals surface area contributed by atoms with Crippen molar-refractivity contribution in [2.45, 2.75) is 23.6 Å². The molecule has 0 fully saturated rings. The standard InChI is InChI=1S/C20H17N3O11S2.3Na/c1-8-3-11(6-13(18(8)25)20(27)28)22-23-17-15(36(32,33)34)5-10-4-12(35(29,30)31)7-14(21-9(2)24)16(10)19(17)26;;;/h3-7,25-26H,1-2H3,(H,21,24)(H,27,28)(H,29,30,31)(H,32,33,34);;;/q;3*+1/p-3. The number of hydrogen-bond donors (Lipinski definition) is 3. The van der Waals surface area contributed by atoms with Gasteiger partial charge in [-0.05, 0) is 53.6 Å². The van der Waals surface area contributed by atoms with Crippen LogP contribution in [0.15, 0.2) is 50.4 Å². The van der Waals surface area contributed by atoms with Crippen molar-refractivity contribution in [3.05, 3.63) is 41.5 Å². The summed E-state index contributed by atoms with van der Waals surface area (Å²) in [6, 6.07) is 4.01. The molecular formula is C20H14N3Na3O11S2. The fourth-order valence-electron chi connectivity index (χ4n) is 3.24. The quantitative estimate of drug-likeness (QED) is 0.135. The van der Waals surface area contributed by atoms with E-state index in [4.69, 9.17) is 0 Å².